The summed E-state index contributed by atoms with van der Waals surface area (Å²) in [5.74, 6) is 1.40. The van der Waals surface area contributed by atoms with Gasteiger partial charge in [0.2, 0.25) is 0 Å². The number of phenolic OH excluding ortho intramolecular Hbond substituents is 1. The third-order valence-electron chi connectivity index (χ3n) is 2.65. The van der Waals surface area contributed by atoms with Crippen LogP contribution >= 0.6 is 0 Å². The lowest BCUT2D eigenvalue weighted by molar-refractivity contribution is 0.475. The van der Waals surface area contributed by atoms with Gasteiger partial charge in [0.05, 0.1) is 6.54 Å². The Morgan fingerprint density at radius 2 is 2.06 bits per heavy atom. The molecule has 1 heterocycles. The minimum atomic E-state index is 0.0436. The molecule has 2 rings (SSSR count). The lowest BCUT2D eigenvalue weighted by Gasteiger charge is -2.29. The highest BCUT2D eigenvalue weighted by atomic mass is 16.3. The average Bonchev–Trinajstić information content (AvgIpc) is 2.65. The van der Waals surface area contributed by atoms with Crippen LogP contribution in [0.25, 0.3) is 0 Å². The summed E-state index contributed by atoms with van der Waals surface area (Å²) in [5, 5.41) is 9.50. The van der Waals surface area contributed by atoms with Crippen molar-refractivity contribution in [1.29, 1.82) is 0 Å². The highest BCUT2D eigenvalue weighted by Crippen LogP contribution is 2.28. The summed E-state index contributed by atoms with van der Waals surface area (Å²) < 4.78 is 0. The second-order valence-electron chi connectivity index (χ2n) is 5.13. The van der Waals surface area contributed by atoms with E-state index < -0.39 is 0 Å². The minimum Gasteiger partial charge on any atom is -0.508 e. The number of benzene rings is 1. The summed E-state index contributed by atoms with van der Waals surface area (Å²) in [6.45, 7) is 8.21. The van der Waals surface area contributed by atoms with Crippen molar-refractivity contribution < 1.29 is 5.11 Å². The first kappa shape index (κ1) is 11.0. The summed E-state index contributed by atoms with van der Waals surface area (Å²) in [4.78, 5) is 6.74. The van der Waals surface area contributed by atoms with Gasteiger partial charge in [0.1, 0.15) is 11.6 Å². The van der Waals surface area contributed by atoms with Crippen LogP contribution in [0, 0.1) is 5.41 Å². The Hall–Kier alpha value is -1.51. The monoisotopic (exact) mass is 218 g/mol. The Labute approximate surface area is 96.4 Å². The summed E-state index contributed by atoms with van der Waals surface area (Å²) in [5.41, 5.74) is 1.06. The summed E-state index contributed by atoms with van der Waals surface area (Å²) in [6.07, 6.45) is 0. The SMILES string of the molecule is CC(C)(C)C1=NCCN1c1cccc(O)c1. The van der Waals surface area contributed by atoms with Crippen LogP contribution in [-0.4, -0.2) is 24.0 Å². The molecule has 0 saturated carbocycles. The Morgan fingerprint density at radius 3 is 2.69 bits per heavy atom. The molecular formula is C13H18N2O. The lowest BCUT2D eigenvalue weighted by atomic mass is 9.94. The normalized spacial score (nSPS) is 16.4. The number of hydrogen-bond donors (Lipinski definition) is 1. The van der Waals surface area contributed by atoms with Crippen molar-refractivity contribution in [2.45, 2.75) is 20.8 Å². The van der Waals surface area contributed by atoms with Gasteiger partial charge in [-0.2, -0.15) is 0 Å². The van der Waals surface area contributed by atoms with Crippen molar-refractivity contribution in [2.24, 2.45) is 10.4 Å². The van der Waals surface area contributed by atoms with Gasteiger partial charge in [-0.1, -0.05) is 26.8 Å². The highest BCUT2D eigenvalue weighted by Gasteiger charge is 2.28. The maximum atomic E-state index is 9.50. The van der Waals surface area contributed by atoms with Crippen LogP contribution in [0.2, 0.25) is 0 Å². The fraction of sp³-hybridized carbons (Fsp3) is 0.462. The molecule has 1 N–H and O–H groups in total. The third-order valence-corrected chi connectivity index (χ3v) is 2.65. The molecule has 0 saturated heterocycles. The first-order valence-corrected chi connectivity index (χ1v) is 5.60. The molecule has 0 unspecified atom stereocenters. The van der Waals surface area contributed by atoms with E-state index in [0.717, 1.165) is 24.6 Å². The highest BCUT2D eigenvalue weighted by molar-refractivity contribution is 6.02. The van der Waals surface area contributed by atoms with Crippen molar-refractivity contribution in [3.05, 3.63) is 24.3 Å². The molecule has 0 bridgehead atoms. The van der Waals surface area contributed by atoms with Gasteiger partial charge in [0.25, 0.3) is 0 Å². The number of rotatable bonds is 1. The third kappa shape index (κ3) is 2.03. The quantitative estimate of drug-likeness (QED) is 0.786. The van der Waals surface area contributed by atoms with Gasteiger partial charge in [-0.05, 0) is 12.1 Å². The topological polar surface area (TPSA) is 35.8 Å². The molecule has 86 valence electrons. The first-order valence-electron chi connectivity index (χ1n) is 5.60. The Morgan fingerprint density at radius 1 is 1.31 bits per heavy atom. The fourth-order valence-corrected chi connectivity index (χ4v) is 2.00. The molecule has 0 aromatic heterocycles. The van der Waals surface area contributed by atoms with Gasteiger partial charge in [-0.25, -0.2) is 0 Å². The number of anilines is 1. The molecule has 0 fully saturated rings. The first-order chi connectivity index (χ1) is 7.48. The van der Waals surface area contributed by atoms with E-state index in [-0.39, 0.29) is 5.41 Å². The molecule has 0 amide bonds. The zero-order chi connectivity index (χ0) is 11.8. The summed E-state index contributed by atoms with van der Waals surface area (Å²) in [7, 11) is 0. The molecule has 16 heavy (non-hydrogen) atoms. The number of aliphatic imine (C=N–C) groups is 1. The van der Waals surface area contributed by atoms with Crippen molar-refractivity contribution in [2.75, 3.05) is 18.0 Å². The van der Waals surface area contributed by atoms with Crippen LogP contribution < -0.4 is 4.90 Å². The molecule has 0 spiro atoms. The molecule has 1 aliphatic heterocycles. The van der Waals surface area contributed by atoms with Gasteiger partial charge in [0, 0.05) is 23.7 Å². The van der Waals surface area contributed by atoms with E-state index in [1.807, 2.05) is 12.1 Å². The summed E-state index contributed by atoms with van der Waals surface area (Å²) in [6, 6.07) is 7.34. The largest absolute Gasteiger partial charge is 0.508 e. The molecule has 3 heteroatoms. The molecule has 0 aliphatic carbocycles. The minimum absolute atomic E-state index is 0.0436. The predicted octanol–water partition coefficient (Wildman–Crippen LogP) is 2.66. The van der Waals surface area contributed by atoms with E-state index in [2.05, 4.69) is 30.7 Å². The zero-order valence-corrected chi connectivity index (χ0v) is 10.1. The molecule has 1 aromatic rings. The van der Waals surface area contributed by atoms with Crippen molar-refractivity contribution in [3.8, 4) is 5.75 Å². The van der Waals surface area contributed by atoms with Crippen LogP contribution in [0.3, 0.4) is 0 Å². The van der Waals surface area contributed by atoms with Crippen LogP contribution in [-0.2, 0) is 0 Å². The number of hydrogen-bond acceptors (Lipinski definition) is 3. The van der Waals surface area contributed by atoms with Crippen molar-refractivity contribution >= 4 is 11.5 Å². The fourth-order valence-electron chi connectivity index (χ4n) is 2.00. The predicted molar refractivity (Wildman–Crippen MR) is 67.2 cm³/mol. The smallest absolute Gasteiger partial charge is 0.117 e. The average molecular weight is 218 g/mol. The van der Waals surface area contributed by atoms with Crippen molar-refractivity contribution in [3.63, 3.8) is 0 Å². The van der Waals surface area contributed by atoms with Crippen LogP contribution in [0.5, 0.6) is 5.75 Å². The van der Waals surface area contributed by atoms with Crippen LogP contribution in [0.4, 0.5) is 5.69 Å². The van der Waals surface area contributed by atoms with Gasteiger partial charge in [0.15, 0.2) is 0 Å². The standard InChI is InChI=1S/C13H18N2O/c1-13(2,3)12-14-7-8-15(12)10-5-4-6-11(16)9-10/h4-6,9,16H,7-8H2,1-3H3. The molecule has 1 aliphatic rings. The van der Waals surface area contributed by atoms with E-state index in [4.69, 9.17) is 0 Å². The Kier molecular flexibility index (Phi) is 2.62. The Balaban J connectivity index is 2.32. The van der Waals surface area contributed by atoms with Gasteiger partial charge in [-0.15, -0.1) is 0 Å². The zero-order valence-electron chi connectivity index (χ0n) is 10.1. The number of amidine groups is 1. The molecule has 0 atom stereocenters. The molecule has 3 nitrogen and oxygen atoms in total. The van der Waals surface area contributed by atoms with Gasteiger partial charge < -0.3 is 10.0 Å². The number of phenols is 1. The van der Waals surface area contributed by atoms with E-state index in [1.54, 1.807) is 12.1 Å². The Bertz CT molecular complexity index is 418. The molecule has 1 aromatic carbocycles. The maximum Gasteiger partial charge on any atom is 0.117 e. The van der Waals surface area contributed by atoms with E-state index in [9.17, 15) is 5.11 Å². The maximum absolute atomic E-state index is 9.50. The van der Waals surface area contributed by atoms with E-state index >= 15 is 0 Å². The van der Waals surface area contributed by atoms with E-state index in [0.29, 0.717) is 5.75 Å². The summed E-state index contributed by atoms with van der Waals surface area (Å²) >= 11 is 0. The van der Waals surface area contributed by atoms with Crippen LogP contribution in [0.15, 0.2) is 29.3 Å². The van der Waals surface area contributed by atoms with E-state index in [1.165, 1.54) is 0 Å². The van der Waals surface area contributed by atoms with Crippen LogP contribution in [0.1, 0.15) is 20.8 Å². The van der Waals surface area contributed by atoms with Gasteiger partial charge in [-0.3, -0.25) is 4.99 Å². The van der Waals surface area contributed by atoms with Gasteiger partial charge >= 0.3 is 0 Å². The second kappa shape index (κ2) is 3.81. The number of aromatic hydroxyl groups is 1. The lowest BCUT2D eigenvalue weighted by Crippen LogP contribution is -2.36. The molecule has 0 radical (unpaired) electrons. The molecular weight excluding hydrogens is 200 g/mol. The van der Waals surface area contributed by atoms with Crippen molar-refractivity contribution in [1.82, 2.24) is 0 Å². The second-order valence-corrected chi connectivity index (χ2v) is 5.13. The number of nitrogens with zero attached hydrogens (tertiary/aromatic N) is 2.